The third-order valence-electron chi connectivity index (χ3n) is 4.84. The zero-order chi connectivity index (χ0) is 15.5. The fourth-order valence-corrected chi connectivity index (χ4v) is 3.71. The maximum atomic E-state index is 12.4. The van der Waals surface area contributed by atoms with Gasteiger partial charge in [0, 0.05) is 19.1 Å². The van der Waals surface area contributed by atoms with Crippen molar-refractivity contribution in [2.24, 2.45) is 0 Å². The average Bonchev–Trinajstić information content (AvgIpc) is 2.46. The van der Waals surface area contributed by atoms with Crippen LogP contribution in [0.1, 0.15) is 46.5 Å². The molecule has 2 rings (SSSR count). The minimum Gasteiger partial charge on any atom is -0.465 e. The highest BCUT2D eigenvalue weighted by Gasteiger charge is 2.45. The number of hydrogen-bond acceptors (Lipinski definition) is 5. The van der Waals surface area contributed by atoms with Crippen molar-refractivity contribution in [1.29, 1.82) is 0 Å². The van der Waals surface area contributed by atoms with Crippen LogP contribution < -0.4 is 5.32 Å². The van der Waals surface area contributed by atoms with Crippen LogP contribution in [0.15, 0.2) is 0 Å². The number of morpholine rings is 1. The van der Waals surface area contributed by atoms with E-state index in [1.54, 1.807) is 0 Å². The van der Waals surface area contributed by atoms with Gasteiger partial charge in [0.15, 0.2) is 0 Å². The zero-order valence-electron chi connectivity index (χ0n) is 13.9. The van der Waals surface area contributed by atoms with E-state index < -0.39 is 5.54 Å². The number of carbonyl (C=O) groups excluding carboxylic acids is 1. The molecule has 1 aliphatic heterocycles. The van der Waals surface area contributed by atoms with E-state index in [0.717, 1.165) is 45.4 Å². The number of likely N-dealkylation sites (N-methyl/N-ethyl adjacent to an activating group) is 1. The van der Waals surface area contributed by atoms with Gasteiger partial charge in [-0.15, -0.1) is 0 Å². The van der Waals surface area contributed by atoms with Crippen molar-refractivity contribution in [2.75, 3.05) is 33.4 Å². The molecular formula is C16H30N2O3. The second kappa shape index (κ2) is 6.63. The van der Waals surface area contributed by atoms with E-state index in [0.29, 0.717) is 12.6 Å². The molecule has 2 unspecified atom stereocenters. The van der Waals surface area contributed by atoms with Crippen LogP contribution in [0, 0.1) is 0 Å². The van der Waals surface area contributed by atoms with E-state index in [9.17, 15) is 4.79 Å². The van der Waals surface area contributed by atoms with Crippen molar-refractivity contribution in [2.45, 2.75) is 63.6 Å². The van der Waals surface area contributed by atoms with Gasteiger partial charge in [-0.3, -0.25) is 9.69 Å². The molecule has 0 spiro atoms. The molecule has 5 nitrogen and oxygen atoms in total. The van der Waals surface area contributed by atoms with Crippen LogP contribution in [0.3, 0.4) is 0 Å². The molecule has 1 saturated heterocycles. The van der Waals surface area contributed by atoms with Crippen LogP contribution in [-0.4, -0.2) is 61.4 Å². The van der Waals surface area contributed by atoms with Gasteiger partial charge in [-0.05, 0) is 53.5 Å². The lowest BCUT2D eigenvalue weighted by Gasteiger charge is -2.47. The molecular weight excluding hydrogens is 268 g/mol. The topological polar surface area (TPSA) is 50.8 Å². The molecule has 0 amide bonds. The normalized spacial score (nSPS) is 33.6. The molecule has 0 bridgehead atoms. The first kappa shape index (κ1) is 16.7. The predicted molar refractivity (Wildman–Crippen MR) is 82.3 cm³/mol. The first-order valence-electron chi connectivity index (χ1n) is 8.16. The van der Waals surface area contributed by atoms with Gasteiger partial charge in [0.2, 0.25) is 0 Å². The van der Waals surface area contributed by atoms with Gasteiger partial charge in [0.1, 0.15) is 5.54 Å². The number of nitrogens with zero attached hydrogens (tertiary/aromatic N) is 1. The van der Waals surface area contributed by atoms with Crippen LogP contribution in [0.25, 0.3) is 0 Å². The molecule has 1 N–H and O–H groups in total. The smallest absolute Gasteiger partial charge is 0.326 e. The highest BCUT2D eigenvalue weighted by Crippen LogP contribution is 2.34. The summed E-state index contributed by atoms with van der Waals surface area (Å²) in [4.78, 5) is 14.9. The summed E-state index contributed by atoms with van der Waals surface area (Å²) < 4.78 is 11.1. The molecule has 2 aliphatic rings. The molecule has 0 aromatic carbocycles. The monoisotopic (exact) mass is 298 g/mol. The molecule has 21 heavy (non-hydrogen) atoms. The van der Waals surface area contributed by atoms with Crippen LogP contribution >= 0.6 is 0 Å². The summed E-state index contributed by atoms with van der Waals surface area (Å²) in [6, 6.07) is 0.429. The molecule has 5 heteroatoms. The van der Waals surface area contributed by atoms with Gasteiger partial charge in [-0.2, -0.15) is 0 Å². The van der Waals surface area contributed by atoms with E-state index in [4.69, 9.17) is 9.47 Å². The van der Waals surface area contributed by atoms with E-state index in [2.05, 4.69) is 24.1 Å². The predicted octanol–water partition coefficient (Wildman–Crippen LogP) is 1.56. The third-order valence-corrected chi connectivity index (χ3v) is 4.84. The van der Waals surface area contributed by atoms with Crippen LogP contribution in [0.4, 0.5) is 0 Å². The highest BCUT2D eigenvalue weighted by atomic mass is 16.5. The summed E-state index contributed by atoms with van der Waals surface area (Å²) in [7, 11) is 1.88. The number of carbonyl (C=O) groups is 1. The third kappa shape index (κ3) is 3.76. The van der Waals surface area contributed by atoms with Crippen molar-refractivity contribution in [3.8, 4) is 0 Å². The molecule has 0 radical (unpaired) electrons. The highest BCUT2D eigenvalue weighted by molar-refractivity contribution is 5.81. The van der Waals surface area contributed by atoms with E-state index in [1.807, 2.05) is 14.0 Å². The second-order valence-electron chi connectivity index (χ2n) is 6.88. The number of esters is 1. The molecule has 1 saturated carbocycles. The summed E-state index contributed by atoms with van der Waals surface area (Å²) in [6.07, 6.45) is 3.91. The Labute approximate surface area is 128 Å². The molecule has 0 aromatic rings. The van der Waals surface area contributed by atoms with Crippen LogP contribution in [0.2, 0.25) is 0 Å². The molecule has 2 fully saturated rings. The summed E-state index contributed by atoms with van der Waals surface area (Å²) in [5.74, 6) is -0.0929. The van der Waals surface area contributed by atoms with Crippen molar-refractivity contribution in [3.63, 3.8) is 0 Å². The number of nitrogens with one attached hydrogen (secondary N) is 1. The lowest BCUT2D eigenvalue weighted by molar-refractivity contribution is -0.155. The molecule has 2 atom stereocenters. The second-order valence-corrected chi connectivity index (χ2v) is 6.88. The van der Waals surface area contributed by atoms with E-state index in [-0.39, 0.29) is 11.6 Å². The van der Waals surface area contributed by atoms with Crippen LogP contribution in [-0.2, 0) is 14.3 Å². The molecule has 0 aromatic heterocycles. The maximum Gasteiger partial charge on any atom is 0.326 e. The van der Waals surface area contributed by atoms with E-state index >= 15 is 0 Å². The Hall–Kier alpha value is -0.650. The Balaban J connectivity index is 2.07. The van der Waals surface area contributed by atoms with Gasteiger partial charge in [-0.1, -0.05) is 0 Å². The van der Waals surface area contributed by atoms with E-state index in [1.165, 1.54) is 0 Å². The lowest BCUT2D eigenvalue weighted by Crippen LogP contribution is -2.60. The number of hydrogen-bond donors (Lipinski definition) is 1. The standard InChI is InChI=1S/C16H30N2O3/c1-5-20-14(19)16(17-4)8-6-7-13(11-16)18-9-10-21-15(2,3)12-18/h13,17H,5-12H2,1-4H3. The summed E-state index contributed by atoms with van der Waals surface area (Å²) in [5, 5.41) is 3.26. The Morgan fingerprint density at radius 3 is 2.86 bits per heavy atom. The molecule has 1 aliphatic carbocycles. The lowest BCUT2D eigenvalue weighted by atomic mass is 9.78. The van der Waals surface area contributed by atoms with Crippen molar-refractivity contribution >= 4 is 5.97 Å². The summed E-state index contributed by atoms with van der Waals surface area (Å²) >= 11 is 0. The fourth-order valence-electron chi connectivity index (χ4n) is 3.71. The average molecular weight is 298 g/mol. The minimum absolute atomic E-state index is 0.0929. The summed E-state index contributed by atoms with van der Waals surface area (Å²) in [6.45, 7) is 9.24. The largest absolute Gasteiger partial charge is 0.465 e. The first-order valence-corrected chi connectivity index (χ1v) is 8.16. The molecule has 1 heterocycles. The van der Waals surface area contributed by atoms with Crippen molar-refractivity contribution in [1.82, 2.24) is 10.2 Å². The van der Waals surface area contributed by atoms with Gasteiger partial charge in [0.05, 0.1) is 18.8 Å². The number of ether oxygens (including phenoxy) is 2. The van der Waals surface area contributed by atoms with Gasteiger partial charge in [-0.25, -0.2) is 0 Å². The quantitative estimate of drug-likeness (QED) is 0.798. The minimum atomic E-state index is -0.513. The van der Waals surface area contributed by atoms with Gasteiger partial charge < -0.3 is 14.8 Å². The first-order chi connectivity index (χ1) is 9.92. The number of rotatable bonds is 4. The Kier molecular flexibility index (Phi) is 5.28. The Bertz CT molecular complexity index is 373. The Morgan fingerprint density at radius 1 is 1.48 bits per heavy atom. The Morgan fingerprint density at radius 2 is 2.24 bits per heavy atom. The zero-order valence-corrected chi connectivity index (χ0v) is 13.9. The molecule has 122 valence electrons. The van der Waals surface area contributed by atoms with Gasteiger partial charge in [0.25, 0.3) is 0 Å². The van der Waals surface area contributed by atoms with Gasteiger partial charge >= 0.3 is 5.97 Å². The fraction of sp³-hybridized carbons (Fsp3) is 0.938. The van der Waals surface area contributed by atoms with Crippen LogP contribution in [0.5, 0.6) is 0 Å². The maximum absolute atomic E-state index is 12.4. The van der Waals surface area contributed by atoms with Crippen molar-refractivity contribution in [3.05, 3.63) is 0 Å². The van der Waals surface area contributed by atoms with Crippen molar-refractivity contribution < 1.29 is 14.3 Å². The SMILES string of the molecule is CCOC(=O)C1(NC)CCCC(N2CCOC(C)(C)C2)C1. The summed E-state index contributed by atoms with van der Waals surface area (Å²) in [5.41, 5.74) is -0.608.